The number of aryl methyl sites for hydroxylation is 2. The molecule has 0 saturated heterocycles. The van der Waals surface area contributed by atoms with E-state index in [4.69, 9.17) is 0 Å². The highest BCUT2D eigenvalue weighted by Crippen LogP contribution is 2.22. The molecule has 2 nitrogen and oxygen atoms in total. The zero-order valence-corrected chi connectivity index (χ0v) is 15.7. The summed E-state index contributed by atoms with van der Waals surface area (Å²) in [6.07, 6.45) is 5.20. The van der Waals surface area contributed by atoms with Crippen LogP contribution in [0.25, 0.3) is 22.4 Å². The molecule has 0 bridgehead atoms. The van der Waals surface area contributed by atoms with Crippen molar-refractivity contribution in [2.45, 2.75) is 13.8 Å². The van der Waals surface area contributed by atoms with Gasteiger partial charge in [0, 0.05) is 29.7 Å². The van der Waals surface area contributed by atoms with Crippen LogP contribution in [0.15, 0.2) is 85.3 Å². The molecule has 0 aliphatic heterocycles. The van der Waals surface area contributed by atoms with Gasteiger partial charge in [-0.1, -0.05) is 30.3 Å². The third-order valence-corrected chi connectivity index (χ3v) is 4.29. The molecule has 4 heteroatoms. The van der Waals surface area contributed by atoms with Gasteiger partial charge in [0.2, 0.25) is 0 Å². The van der Waals surface area contributed by atoms with E-state index in [0.29, 0.717) is 5.56 Å². The van der Waals surface area contributed by atoms with E-state index in [9.17, 15) is 8.78 Å². The summed E-state index contributed by atoms with van der Waals surface area (Å²) in [5.74, 6) is -0.386. The van der Waals surface area contributed by atoms with Gasteiger partial charge in [-0.2, -0.15) is 0 Å². The zero-order valence-electron chi connectivity index (χ0n) is 15.7. The van der Waals surface area contributed by atoms with E-state index in [0.717, 1.165) is 27.9 Å². The molecule has 0 radical (unpaired) electrons. The van der Waals surface area contributed by atoms with E-state index in [-0.39, 0.29) is 11.6 Å². The molecule has 0 aliphatic carbocycles. The van der Waals surface area contributed by atoms with Crippen LogP contribution >= 0.6 is 0 Å². The van der Waals surface area contributed by atoms with Crippen LogP contribution in [0, 0.1) is 25.5 Å². The maximum absolute atomic E-state index is 13.2. The van der Waals surface area contributed by atoms with Crippen molar-refractivity contribution < 1.29 is 8.78 Å². The van der Waals surface area contributed by atoms with Crippen LogP contribution in [0.5, 0.6) is 0 Å². The first-order chi connectivity index (χ1) is 13.5. The SMILES string of the molecule is Cc1cc(F)ccc1-c1cccnc1.Cc1ccc(-c2ccccn2)cc1F. The van der Waals surface area contributed by atoms with Crippen molar-refractivity contribution in [1.29, 1.82) is 0 Å². The quantitative estimate of drug-likeness (QED) is 0.406. The highest BCUT2D eigenvalue weighted by atomic mass is 19.1. The molecule has 0 fully saturated rings. The highest BCUT2D eigenvalue weighted by Gasteiger charge is 2.02. The van der Waals surface area contributed by atoms with Crippen molar-refractivity contribution in [3.63, 3.8) is 0 Å². The van der Waals surface area contributed by atoms with Gasteiger partial charge in [0.25, 0.3) is 0 Å². The second kappa shape index (κ2) is 9.00. The Bertz CT molecular complexity index is 1050. The summed E-state index contributed by atoms with van der Waals surface area (Å²) in [5.41, 5.74) is 5.24. The lowest BCUT2D eigenvalue weighted by atomic mass is 10.0. The van der Waals surface area contributed by atoms with Gasteiger partial charge in [-0.15, -0.1) is 0 Å². The van der Waals surface area contributed by atoms with E-state index < -0.39 is 0 Å². The molecule has 28 heavy (non-hydrogen) atoms. The highest BCUT2D eigenvalue weighted by molar-refractivity contribution is 5.66. The lowest BCUT2D eigenvalue weighted by Crippen LogP contribution is -1.86. The molecule has 2 aromatic carbocycles. The third-order valence-electron chi connectivity index (χ3n) is 4.29. The number of rotatable bonds is 2. The van der Waals surface area contributed by atoms with Crippen LogP contribution in [-0.2, 0) is 0 Å². The van der Waals surface area contributed by atoms with Crippen LogP contribution in [-0.4, -0.2) is 9.97 Å². The predicted molar refractivity (Wildman–Crippen MR) is 109 cm³/mol. The van der Waals surface area contributed by atoms with Gasteiger partial charge in [0.15, 0.2) is 0 Å². The molecular weight excluding hydrogens is 354 g/mol. The molecule has 2 heterocycles. The molecule has 140 valence electrons. The first kappa shape index (κ1) is 19.4. The first-order valence-electron chi connectivity index (χ1n) is 8.88. The molecule has 0 aliphatic rings. The number of hydrogen-bond acceptors (Lipinski definition) is 2. The van der Waals surface area contributed by atoms with Crippen molar-refractivity contribution in [2.75, 3.05) is 0 Å². The Morgan fingerprint density at radius 2 is 1.57 bits per heavy atom. The summed E-state index contributed by atoms with van der Waals surface area (Å²) in [4.78, 5) is 8.18. The molecule has 2 aromatic heterocycles. The maximum atomic E-state index is 13.2. The fourth-order valence-electron chi connectivity index (χ4n) is 2.76. The fraction of sp³-hybridized carbons (Fsp3) is 0.0833. The molecule has 0 saturated carbocycles. The Labute approximate surface area is 163 Å². The van der Waals surface area contributed by atoms with Crippen LogP contribution in [0.1, 0.15) is 11.1 Å². The van der Waals surface area contributed by atoms with Crippen molar-refractivity contribution in [2.24, 2.45) is 0 Å². The van der Waals surface area contributed by atoms with Gasteiger partial charge in [-0.05, 0) is 66.9 Å². The Morgan fingerprint density at radius 3 is 2.21 bits per heavy atom. The number of benzene rings is 2. The molecule has 0 N–H and O–H groups in total. The topological polar surface area (TPSA) is 25.8 Å². The summed E-state index contributed by atoms with van der Waals surface area (Å²) in [6, 6.07) is 19.4. The molecule has 0 spiro atoms. The van der Waals surface area contributed by atoms with Gasteiger partial charge < -0.3 is 0 Å². The number of pyridine rings is 2. The Hall–Kier alpha value is -3.40. The second-order valence-electron chi connectivity index (χ2n) is 6.38. The summed E-state index contributed by atoms with van der Waals surface area (Å²) in [5, 5.41) is 0. The molecule has 0 amide bonds. The van der Waals surface area contributed by atoms with Crippen LogP contribution in [0.3, 0.4) is 0 Å². The zero-order chi connectivity index (χ0) is 19.9. The number of nitrogens with zero attached hydrogens (tertiary/aromatic N) is 2. The minimum Gasteiger partial charge on any atom is -0.264 e. The Morgan fingerprint density at radius 1 is 0.714 bits per heavy atom. The Kier molecular flexibility index (Phi) is 6.22. The van der Waals surface area contributed by atoms with Gasteiger partial charge in [0.05, 0.1) is 5.69 Å². The third kappa shape index (κ3) is 4.86. The maximum Gasteiger partial charge on any atom is 0.126 e. The van der Waals surface area contributed by atoms with E-state index in [1.807, 2.05) is 43.3 Å². The fourth-order valence-corrected chi connectivity index (χ4v) is 2.76. The van der Waals surface area contributed by atoms with E-state index in [1.54, 1.807) is 37.6 Å². The number of aromatic nitrogens is 2. The van der Waals surface area contributed by atoms with Gasteiger partial charge in [-0.3, -0.25) is 9.97 Å². The largest absolute Gasteiger partial charge is 0.264 e. The second-order valence-corrected chi connectivity index (χ2v) is 6.38. The predicted octanol–water partition coefficient (Wildman–Crippen LogP) is 6.39. The lowest BCUT2D eigenvalue weighted by molar-refractivity contribution is 0.619. The van der Waals surface area contributed by atoms with Gasteiger partial charge in [-0.25, -0.2) is 8.78 Å². The van der Waals surface area contributed by atoms with Gasteiger partial charge >= 0.3 is 0 Å². The average molecular weight is 374 g/mol. The normalized spacial score (nSPS) is 10.1. The van der Waals surface area contributed by atoms with Crippen molar-refractivity contribution in [3.8, 4) is 22.4 Å². The average Bonchev–Trinajstić information content (AvgIpc) is 2.72. The summed E-state index contributed by atoms with van der Waals surface area (Å²) in [6.45, 7) is 3.64. The number of hydrogen-bond donors (Lipinski definition) is 0. The standard InChI is InChI=1S/2C12H10FN/c1-9-7-11(13)4-5-12(9)10-3-2-6-14-8-10;1-9-5-6-10(8-11(9)13)12-4-2-3-7-14-12/h2*2-8H,1H3. The summed E-state index contributed by atoms with van der Waals surface area (Å²) >= 11 is 0. The summed E-state index contributed by atoms with van der Waals surface area (Å²) in [7, 11) is 0. The van der Waals surface area contributed by atoms with Crippen LogP contribution in [0.4, 0.5) is 8.78 Å². The van der Waals surface area contributed by atoms with E-state index >= 15 is 0 Å². The summed E-state index contributed by atoms with van der Waals surface area (Å²) < 4.78 is 26.1. The monoisotopic (exact) mass is 374 g/mol. The minimum absolute atomic E-state index is 0.187. The van der Waals surface area contributed by atoms with Crippen molar-refractivity contribution in [1.82, 2.24) is 9.97 Å². The van der Waals surface area contributed by atoms with E-state index in [1.165, 1.54) is 18.2 Å². The minimum atomic E-state index is -0.199. The van der Waals surface area contributed by atoms with Gasteiger partial charge in [0.1, 0.15) is 11.6 Å². The first-order valence-corrected chi connectivity index (χ1v) is 8.88. The molecular formula is C24H20F2N2. The van der Waals surface area contributed by atoms with E-state index in [2.05, 4.69) is 9.97 Å². The van der Waals surface area contributed by atoms with Crippen LogP contribution in [0.2, 0.25) is 0 Å². The van der Waals surface area contributed by atoms with Crippen molar-refractivity contribution >= 4 is 0 Å². The smallest absolute Gasteiger partial charge is 0.126 e. The molecule has 4 aromatic rings. The lowest BCUT2D eigenvalue weighted by Gasteiger charge is -2.04. The number of halogens is 2. The molecule has 4 rings (SSSR count). The molecule has 0 unspecified atom stereocenters. The van der Waals surface area contributed by atoms with Crippen LogP contribution < -0.4 is 0 Å². The Balaban J connectivity index is 0.000000161. The molecule has 0 atom stereocenters. The van der Waals surface area contributed by atoms with Crippen molar-refractivity contribution in [3.05, 3.63) is 108 Å².